The Morgan fingerprint density at radius 3 is 2.91 bits per heavy atom. The van der Waals surface area contributed by atoms with Gasteiger partial charge in [0, 0.05) is 6.42 Å². The molecule has 1 amide bonds. The van der Waals surface area contributed by atoms with E-state index in [1.54, 1.807) is 24.1 Å². The summed E-state index contributed by atoms with van der Waals surface area (Å²) in [4.78, 5) is 17.6. The summed E-state index contributed by atoms with van der Waals surface area (Å²) in [6.45, 7) is 2.27. The van der Waals surface area contributed by atoms with E-state index in [1.165, 1.54) is 12.1 Å². The SMILES string of the molecule is CCCc1noc(CN(C)C(C(N)=O)c2cccc(F)c2)n1. The normalized spacial score (nSPS) is 12.5. The van der Waals surface area contributed by atoms with Gasteiger partial charge in [0.05, 0.1) is 6.54 Å². The highest BCUT2D eigenvalue weighted by Crippen LogP contribution is 2.21. The summed E-state index contributed by atoms with van der Waals surface area (Å²) >= 11 is 0. The molecule has 2 aromatic rings. The summed E-state index contributed by atoms with van der Waals surface area (Å²) in [5, 5.41) is 3.86. The number of carbonyl (C=O) groups is 1. The average Bonchev–Trinajstić information content (AvgIpc) is 2.86. The number of aromatic nitrogens is 2. The summed E-state index contributed by atoms with van der Waals surface area (Å²) in [6.07, 6.45) is 1.65. The van der Waals surface area contributed by atoms with Gasteiger partial charge in [-0.1, -0.05) is 24.2 Å². The van der Waals surface area contributed by atoms with Gasteiger partial charge in [0.2, 0.25) is 11.8 Å². The van der Waals surface area contributed by atoms with E-state index in [4.69, 9.17) is 10.3 Å². The van der Waals surface area contributed by atoms with Crippen molar-refractivity contribution in [2.24, 2.45) is 5.73 Å². The smallest absolute Gasteiger partial charge is 0.240 e. The van der Waals surface area contributed by atoms with Crippen LogP contribution in [-0.2, 0) is 17.8 Å². The predicted octanol–water partition coefficient (Wildman–Crippen LogP) is 1.82. The van der Waals surface area contributed by atoms with Crippen molar-refractivity contribution in [3.8, 4) is 0 Å². The van der Waals surface area contributed by atoms with Crippen molar-refractivity contribution in [2.45, 2.75) is 32.4 Å². The Kier molecular flexibility index (Phi) is 5.21. The molecule has 6 nitrogen and oxygen atoms in total. The number of rotatable bonds is 7. The van der Waals surface area contributed by atoms with Crippen LogP contribution in [-0.4, -0.2) is 28.0 Å². The minimum absolute atomic E-state index is 0.251. The van der Waals surface area contributed by atoms with Gasteiger partial charge in [0.15, 0.2) is 5.82 Å². The Morgan fingerprint density at radius 1 is 1.50 bits per heavy atom. The second kappa shape index (κ2) is 7.13. The fourth-order valence-corrected chi connectivity index (χ4v) is 2.30. The fraction of sp³-hybridized carbons (Fsp3) is 0.400. The molecular formula is C15H19FN4O2. The summed E-state index contributed by atoms with van der Waals surface area (Å²) in [5.74, 6) is 0.0439. The van der Waals surface area contributed by atoms with Crippen molar-refractivity contribution in [1.29, 1.82) is 0 Å². The van der Waals surface area contributed by atoms with E-state index < -0.39 is 17.8 Å². The standard InChI is InChI=1S/C15H19FN4O2/c1-3-5-12-18-13(22-19-12)9-20(2)14(15(17)21)10-6-4-7-11(16)8-10/h4,6-8,14H,3,5,9H2,1-2H3,(H2,17,21). The van der Waals surface area contributed by atoms with Crippen molar-refractivity contribution in [3.63, 3.8) is 0 Å². The third-order valence-electron chi connectivity index (χ3n) is 3.24. The third kappa shape index (κ3) is 3.88. The van der Waals surface area contributed by atoms with Gasteiger partial charge in [-0.3, -0.25) is 9.69 Å². The zero-order chi connectivity index (χ0) is 16.1. The van der Waals surface area contributed by atoms with E-state index in [9.17, 15) is 9.18 Å². The van der Waals surface area contributed by atoms with E-state index in [0.717, 1.165) is 12.8 Å². The second-order valence-electron chi connectivity index (χ2n) is 5.13. The Labute approximate surface area is 128 Å². The zero-order valence-electron chi connectivity index (χ0n) is 12.6. The quantitative estimate of drug-likeness (QED) is 0.843. The lowest BCUT2D eigenvalue weighted by atomic mass is 10.0. The number of hydrogen-bond donors (Lipinski definition) is 1. The molecule has 2 rings (SSSR count). The first kappa shape index (κ1) is 16.1. The molecule has 0 saturated heterocycles. The first-order valence-electron chi connectivity index (χ1n) is 7.07. The number of nitrogens with two attached hydrogens (primary N) is 1. The largest absolute Gasteiger partial charge is 0.368 e. The summed E-state index contributed by atoms with van der Waals surface area (Å²) < 4.78 is 18.5. The zero-order valence-corrected chi connectivity index (χ0v) is 12.6. The molecule has 1 aromatic carbocycles. The van der Waals surface area contributed by atoms with E-state index in [0.29, 0.717) is 17.3 Å². The number of likely N-dealkylation sites (N-methyl/N-ethyl adjacent to an activating group) is 1. The van der Waals surface area contributed by atoms with Crippen LogP contribution in [0.3, 0.4) is 0 Å². The van der Waals surface area contributed by atoms with E-state index in [1.807, 2.05) is 6.92 Å². The van der Waals surface area contributed by atoms with Crippen molar-refractivity contribution in [3.05, 3.63) is 47.4 Å². The molecule has 1 unspecified atom stereocenters. The van der Waals surface area contributed by atoms with Crippen LogP contribution >= 0.6 is 0 Å². The molecule has 0 aliphatic rings. The molecule has 0 radical (unpaired) electrons. The second-order valence-corrected chi connectivity index (χ2v) is 5.13. The van der Waals surface area contributed by atoms with Gasteiger partial charge in [-0.05, 0) is 31.2 Å². The Morgan fingerprint density at radius 2 is 2.27 bits per heavy atom. The minimum atomic E-state index is -0.766. The third-order valence-corrected chi connectivity index (χ3v) is 3.24. The average molecular weight is 306 g/mol. The van der Waals surface area contributed by atoms with Crippen LogP contribution in [0.2, 0.25) is 0 Å². The number of aryl methyl sites for hydroxylation is 1. The highest BCUT2D eigenvalue weighted by molar-refractivity contribution is 5.81. The van der Waals surface area contributed by atoms with E-state index in [2.05, 4.69) is 10.1 Å². The monoisotopic (exact) mass is 306 g/mol. The number of nitrogens with zero attached hydrogens (tertiary/aromatic N) is 3. The number of primary amides is 1. The van der Waals surface area contributed by atoms with Gasteiger partial charge in [-0.25, -0.2) is 4.39 Å². The van der Waals surface area contributed by atoms with Crippen LogP contribution in [0.1, 0.15) is 36.7 Å². The van der Waals surface area contributed by atoms with Gasteiger partial charge >= 0.3 is 0 Å². The molecule has 22 heavy (non-hydrogen) atoms. The molecule has 7 heteroatoms. The Balaban J connectivity index is 2.15. The number of hydrogen-bond acceptors (Lipinski definition) is 5. The number of amides is 1. The Hall–Kier alpha value is -2.28. The molecule has 1 atom stereocenters. The van der Waals surface area contributed by atoms with Gasteiger partial charge in [-0.2, -0.15) is 4.98 Å². The molecule has 0 bridgehead atoms. The molecule has 0 fully saturated rings. The summed E-state index contributed by atoms with van der Waals surface area (Å²) in [6, 6.07) is 5.04. The summed E-state index contributed by atoms with van der Waals surface area (Å²) in [5.41, 5.74) is 5.95. The number of halogens is 1. The molecule has 1 aromatic heterocycles. The topological polar surface area (TPSA) is 85.3 Å². The molecule has 0 spiro atoms. The maximum absolute atomic E-state index is 13.4. The molecule has 0 aliphatic heterocycles. The first-order valence-corrected chi connectivity index (χ1v) is 7.07. The van der Waals surface area contributed by atoms with Gasteiger partial charge < -0.3 is 10.3 Å². The van der Waals surface area contributed by atoms with Crippen LogP contribution < -0.4 is 5.73 Å². The van der Waals surface area contributed by atoms with Crippen LogP contribution in [0.25, 0.3) is 0 Å². The van der Waals surface area contributed by atoms with Gasteiger partial charge in [0.25, 0.3) is 0 Å². The highest BCUT2D eigenvalue weighted by atomic mass is 19.1. The lowest BCUT2D eigenvalue weighted by Gasteiger charge is -2.24. The van der Waals surface area contributed by atoms with Crippen LogP contribution in [0.4, 0.5) is 4.39 Å². The first-order chi connectivity index (χ1) is 10.5. The summed E-state index contributed by atoms with van der Waals surface area (Å²) in [7, 11) is 1.70. The molecule has 0 aliphatic carbocycles. The van der Waals surface area contributed by atoms with E-state index >= 15 is 0 Å². The van der Waals surface area contributed by atoms with Gasteiger partial charge in [-0.15, -0.1) is 0 Å². The molecule has 2 N–H and O–H groups in total. The van der Waals surface area contributed by atoms with Crippen molar-refractivity contribution < 1.29 is 13.7 Å². The lowest BCUT2D eigenvalue weighted by Crippen LogP contribution is -2.35. The van der Waals surface area contributed by atoms with Crippen LogP contribution in [0.5, 0.6) is 0 Å². The van der Waals surface area contributed by atoms with Crippen molar-refractivity contribution >= 4 is 5.91 Å². The maximum Gasteiger partial charge on any atom is 0.240 e. The predicted molar refractivity (Wildman–Crippen MR) is 78.1 cm³/mol. The fourth-order valence-electron chi connectivity index (χ4n) is 2.30. The Bertz CT molecular complexity index is 644. The number of carbonyl (C=O) groups excluding carboxylic acids is 1. The van der Waals surface area contributed by atoms with Crippen LogP contribution in [0, 0.1) is 5.82 Å². The number of benzene rings is 1. The molecular weight excluding hydrogens is 287 g/mol. The lowest BCUT2D eigenvalue weighted by molar-refractivity contribution is -0.123. The highest BCUT2D eigenvalue weighted by Gasteiger charge is 2.25. The molecule has 1 heterocycles. The maximum atomic E-state index is 13.4. The van der Waals surface area contributed by atoms with E-state index in [-0.39, 0.29) is 6.54 Å². The van der Waals surface area contributed by atoms with Gasteiger partial charge in [0.1, 0.15) is 11.9 Å². The van der Waals surface area contributed by atoms with Crippen molar-refractivity contribution in [2.75, 3.05) is 7.05 Å². The molecule has 0 saturated carbocycles. The minimum Gasteiger partial charge on any atom is -0.368 e. The molecule has 118 valence electrons. The van der Waals surface area contributed by atoms with Crippen molar-refractivity contribution in [1.82, 2.24) is 15.0 Å². The van der Waals surface area contributed by atoms with Crippen LogP contribution in [0.15, 0.2) is 28.8 Å².